The number of ether oxygens (including phenoxy) is 1. The number of hydrogen-bond donors (Lipinski definition) is 2. The molecule has 26 heavy (non-hydrogen) atoms. The lowest BCUT2D eigenvalue weighted by molar-refractivity contribution is -0.137. The molecule has 0 saturated carbocycles. The van der Waals surface area contributed by atoms with E-state index in [9.17, 15) is 9.59 Å². The van der Waals surface area contributed by atoms with Crippen LogP contribution in [0.1, 0.15) is 5.56 Å². The van der Waals surface area contributed by atoms with Crippen LogP contribution >= 0.6 is 0 Å². The highest BCUT2D eigenvalue weighted by Gasteiger charge is 2.14. The molecule has 3 rings (SSSR count). The molecule has 1 heterocycles. The number of carbonyl (C=O) groups is 1. The molecule has 0 unspecified atom stereocenters. The van der Waals surface area contributed by atoms with Crippen LogP contribution in [0.25, 0.3) is 11.4 Å². The van der Waals surface area contributed by atoms with Crippen LogP contribution in [0.15, 0.2) is 65.6 Å². The Labute approximate surface area is 149 Å². The van der Waals surface area contributed by atoms with Crippen LogP contribution in [-0.2, 0) is 17.9 Å². The van der Waals surface area contributed by atoms with E-state index in [1.54, 1.807) is 24.3 Å². The molecule has 0 aliphatic carbocycles. The second-order valence-corrected chi connectivity index (χ2v) is 5.62. The molecule has 0 bridgehead atoms. The molecule has 0 saturated heterocycles. The lowest BCUT2D eigenvalue weighted by Gasteiger charge is -2.12. The molecule has 0 spiro atoms. The minimum atomic E-state index is -1.16. The summed E-state index contributed by atoms with van der Waals surface area (Å²) in [5.74, 6) is -0.353. The van der Waals surface area contributed by atoms with Gasteiger partial charge in [-0.2, -0.15) is 0 Å². The number of hydrogen-bond acceptors (Lipinski definition) is 5. The average Bonchev–Trinajstić information content (AvgIpc) is 2.65. The van der Waals surface area contributed by atoms with Gasteiger partial charge < -0.3 is 15.6 Å². The zero-order chi connectivity index (χ0) is 18.5. The number of carboxylic acids is 1. The summed E-state index contributed by atoms with van der Waals surface area (Å²) >= 11 is 0. The van der Waals surface area contributed by atoms with Crippen molar-refractivity contribution >= 4 is 11.7 Å². The minimum Gasteiger partial charge on any atom is -0.489 e. The maximum atomic E-state index is 12.2. The summed E-state index contributed by atoms with van der Waals surface area (Å²) in [6.07, 6.45) is 1.23. The van der Waals surface area contributed by atoms with Gasteiger partial charge in [0.05, 0.1) is 6.20 Å². The highest BCUT2D eigenvalue weighted by molar-refractivity contribution is 5.68. The Balaban J connectivity index is 1.92. The highest BCUT2D eigenvalue weighted by Crippen LogP contribution is 2.22. The number of benzene rings is 2. The first-order valence-corrected chi connectivity index (χ1v) is 7.89. The molecule has 0 aliphatic rings. The van der Waals surface area contributed by atoms with E-state index in [1.807, 2.05) is 30.3 Å². The Bertz CT molecular complexity index is 984. The van der Waals surface area contributed by atoms with Crippen molar-refractivity contribution < 1.29 is 14.6 Å². The van der Waals surface area contributed by atoms with Crippen LogP contribution in [0.5, 0.6) is 5.75 Å². The number of carboxylic acid groups (broad SMARTS) is 1. The first kappa shape index (κ1) is 17.2. The maximum Gasteiger partial charge on any atom is 0.323 e. The predicted octanol–water partition coefficient (Wildman–Crippen LogP) is 2.16. The van der Waals surface area contributed by atoms with Crippen LogP contribution in [0, 0.1) is 0 Å². The SMILES string of the molecule is Nc1cnc(-c2cccc(OCc3ccccc3)c2)n(CC(=O)O)c1=O. The second kappa shape index (κ2) is 7.52. The summed E-state index contributed by atoms with van der Waals surface area (Å²) in [7, 11) is 0. The molecular formula is C19H17N3O4. The molecule has 3 aromatic rings. The van der Waals surface area contributed by atoms with Gasteiger partial charge in [-0.05, 0) is 17.7 Å². The topological polar surface area (TPSA) is 107 Å². The van der Waals surface area contributed by atoms with Crippen molar-refractivity contribution in [1.29, 1.82) is 0 Å². The number of nitrogens with two attached hydrogens (primary N) is 1. The Kier molecular flexibility index (Phi) is 4.98. The van der Waals surface area contributed by atoms with E-state index in [4.69, 9.17) is 15.6 Å². The van der Waals surface area contributed by atoms with Crippen molar-refractivity contribution in [2.45, 2.75) is 13.2 Å². The fraction of sp³-hybridized carbons (Fsp3) is 0.105. The van der Waals surface area contributed by atoms with Gasteiger partial charge in [0.25, 0.3) is 5.56 Å². The predicted molar refractivity (Wildman–Crippen MR) is 96.8 cm³/mol. The van der Waals surface area contributed by atoms with Gasteiger partial charge in [-0.25, -0.2) is 4.98 Å². The van der Waals surface area contributed by atoms with Gasteiger partial charge in [0.1, 0.15) is 30.4 Å². The Hall–Kier alpha value is -3.61. The Morgan fingerprint density at radius 2 is 1.92 bits per heavy atom. The lowest BCUT2D eigenvalue weighted by Crippen LogP contribution is -2.28. The zero-order valence-corrected chi connectivity index (χ0v) is 13.8. The fourth-order valence-electron chi connectivity index (χ4n) is 2.49. The molecule has 0 aliphatic heterocycles. The molecule has 3 N–H and O–H groups in total. The van der Waals surface area contributed by atoms with Gasteiger partial charge in [0.2, 0.25) is 0 Å². The Morgan fingerprint density at radius 3 is 2.65 bits per heavy atom. The number of aromatic nitrogens is 2. The molecule has 1 aromatic heterocycles. The van der Waals surface area contributed by atoms with Crippen LogP contribution in [0.2, 0.25) is 0 Å². The van der Waals surface area contributed by atoms with Crippen molar-refractivity contribution in [3.05, 3.63) is 76.7 Å². The number of nitrogen functional groups attached to an aromatic ring is 1. The molecule has 7 nitrogen and oxygen atoms in total. The maximum absolute atomic E-state index is 12.2. The van der Waals surface area contributed by atoms with Crippen molar-refractivity contribution in [3.8, 4) is 17.1 Å². The number of rotatable bonds is 6. The average molecular weight is 351 g/mol. The molecule has 132 valence electrons. The van der Waals surface area contributed by atoms with Crippen LogP contribution in [0.3, 0.4) is 0 Å². The zero-order valence-electron chi connectivity index (χ0n) is 13.8. The van der Waals surface area contributed by atoms with Crippen LogP contribution < -0.4 is 16.0 Å². The van der Waals surface area contributed by atoms with Crippen LogP contribution in [0.4, 0.5) is 5.69 Å². The first-order valence-electron chi connectivity index (χ1n) is 7.89. The van der Waals surface area contributed by atoms with Gasteiger partial charge in [0.15, 0.2) is 0 Å². The van der Waals surface area contributed by atoms with Gasteiger partial charge >= 0.3 is 5.97 Å². The molecule has 0 fully saturated rings. The van der Waals surface area contributed by atoms with E-state index in [1.165, 1.54) is 6.20 Å². The quantitative estimate of drug-likeness (QED) is 0.705. The summed E-state index contributed by atoms with van der Waals surface area (Å²) in [6.45, 7) is -0.136. The van der Waals surface area contributed by atoms with Crippen molar-refractivity contribution in [2.24, 2.45) is 0 Å². The summed E-state index contributed by atoms with van der Waals surface area (Å²) < 4.78 is 6.81. The molecule has 2 aromatic carbocycles. The summed E-state index contributed by atoms with van der Waals surface area (Å²) in [6, 6.07) is 16.7. The largest absolute Gasteiger partial charge is 0.489 e. The Morgan fingerprint density at radius 1 is 1.15 bits per heavy atom. The molecule has 0 amide bonds. The third-order valence-electron chi connectivity index (χ3n) is 3.71. The van der Waals surface area contributed by atoms with Gasteiger partial charge in [-0.15, -0.1) is 0 Å². The van der Waals surface area contributed by atoms with Crippen molar-refractivity contribution in [1.82, 2.24) is 9.55 Å². The third-order valence-corrected chi connectivity index (χ3v) is 3.71. The number of anilines is 1. The molecule has 0 radical (unpaired) electrons. The second-order valence-electron chi connectivity index (χ2n) is 5.62. The number of aliphatic carboxylic acids is 1. The smallest absolute Gasteiger partial charge is 0.323 e. The van der Waals surface area contributed by atoms with Crippen molar-refractivity contribution in [3.63, 3.8) is 0 Å². The van der Waals surface area contributed by atoms with E-state index in [-0.39, 0.29) is 11.5 Å². The van der Waals surface area contributed by atoms with E-state index < -0.39 is 18.1 Å². The van der Waals surface area contributed by atoms with E-state index in [0.29, 0.717) is 17.9 Å². The van der Waals surface area contributed by atoms with E-state index >= 15 is 0 Å². The minimum absolute atomic E-state index is 0.105. The van der Waals surface area contributed by atoms with Gasteiger partial charge in [-0.1, -0.05) is 42.5 Å². The molecule has 7 heteroatoms. The number of nitrogens with zero attached hydrogens (tertiary/aromatic N) is 2. The fourth-order valence-corrected chi connectivity index (χ4v) is 2.49. The van der Waals surface area contributed by atoms with Gasteiger partial charge in [0, 0.05) is 5.56 Å². The standard InChI is InChI=1S/C19H17N3O4/c20-16-10-21-18(22(19(16)25)11-17(23)24)14-7-4-8-15(9-14)26-12-13-5-2-1-3-6-13/h1-10H,11-12,20H2,(H,23,24). The summed E-state index contributed by atoms with van der Waals surface area (Å²) in [5, 5.41) is 9.07. The van der Waals surface area contributed by atoms with E-state index in [2.05, 4.69) is 4.98 Å². The van der Waals surface area contributed by atoms with E-state index in [0.717, 1.165) is 10.1 Å². The third kappa shape index (κ3) is 3.89. The molecular weight excluding hydrogens is 334 g/mol. The lowest BCUT2D eigenvalue weighted by atomic mass is 10.2. The highest BCUT2D eigenvalue weighted by atomic mass is 16.5. The summed E-state index contributed by atoms with van der Waals surface area (Å²) in [4.78, 5) is 27.4. The van der Waals surface area contributed by atoms with Gasteiger partial charge in [-0.3, -0.25) is 14.2 Å². The van der Waals surface area contributed by atoms with Crippen LogP contribution in [-0.4, -0.2) is 20.6 Å². The molecule has 0 atom stereocenters. The summed E-state index contributed by atoms with van der Waals surface area (Å²) in [5.41, 5.74) is 6.46. The monoisotopic (exact) mass is 351 g/mol. The van der Waals surface area contributed by atoms with Crippen molar-refractivity contribution in [2.75, 3.05) is 5.73 Å². The normalized spacial score (nSPS) is 10.5. The first-order chi connectivity index (χ1) is 12.5.